The summed E-state index contributed by atoms with van der Waals surface area (Å²) in [7, 11) is 0. The molecule has 1 unspecified atom stereocenters. The van der Waals surface area contributed by atoms with Gasteiger partial charge in [-0.25, -0.2) is 4.39 Å². The van der Waals surface area contributed by atoms with E-state index in [2.05, 4.69) is 0 Å². The van der Waals surface area contributed by atoms with E-state index in [1.807, 2.05) is 18.2 Å². The van der Waals surface area contributed by atoms with Crippen LogP contribution in [0, 0.1) is 5.82 Å². The normalized spacial score (nSPS) is 11.8. The number of rotatable bonds is 7. The van der Waals surface area contributed by atoms with E-state index < -0.39 is 11.9 Å². The van der Waals surface area contributed by atoms with Gasteiger partial charge < -0.3 is 14.6 Å². The average molecular weight is 304 g/mol. The van der Waals surface area contributed by atoms with E-state index in [0.717, 1.165) is 6.07 Å². The van der Waals surface area contributed by atoms with Crippen molar-refractivity contribution in [3.05, 3.63) is 59.9 Å². The molecule has 1 N–H and O–H groups in total. The first-order valence-electron chi connectivity index (χ1n) is 6.85. The number of hydrogen-bond acceptors (Lipinski definition) is 4. The average Bonchev–Trinajstić information content (AvgIpc) is 2.51. The van der Waals surface area contributed by atoms with E-state index in [0.29, 0.717) is 5.75 Å². The minimum Gasteiger partial charge on any atom is -0.491 e. The highest BCUT2D eigenvalue weighted by molar-refractivity contribution is 5.94. The summed E-state index contributed by atoms with van der Waals surface area (Å²) in [5, 5.41) is 9.79. The van der Waals surface area contributed by atoms with E-state index in [1.54, 1.807) is 12.1 Å². The van der Waals surface area contributed by atoms with E-state index in [4.69, 9.17) is 9.47 Å². The van der Waals surface area contributed by atoms with Crippen LogP contribution in [0.5, 0.6) is 11.5 Å². The van der Waals surface area contributed by atoms with Crippen LogP contribution in [0.1, 0.15) is 17.3 Å². The SMILES string of the molecule is CC(=O)c1ccc(OCC(O)COc2ccccc2)cc1F. The van der Waals surface area contributed by atoms with Crippen LogP contribution in [0.25, 0.3) is 0 Å². The predicted molar refractivity (Wildman–Crippen MR) is 79.8 cm³/mol. The van der Waals surface area contributed by atoms with Crippen molar-refractivity contribution in [3.63, 3.8) is 0 Å². The Kier molecular flexibility index (Phi) is 5.49. The van der Waals surface area contributed by atoms with Crippen molar-refractivity contribution in [2.24, 2.45) is 0 Å². The molecule has 2 aromatic rings. The van der Waals surface area contributed by atoms with Gasteiger partial charge in [0, 0.05) is 6.07 Å². The summed E-state index contributed by atoms with van der Waals surface area (Å²) in [5.41, 5.74) is 0.0142. The summed E-state index contributed by atoms with van der Waals surface area (Å²) in [6, 6.07) is 13.1. The summed E-state index contributed by atoms with van der Waals surface area (Å²) in [6.45, 7) is 1.33. The smallest absolute Gasteiger partial charge is 0.162 e. The maximum Gasteiger partial charge on any atom is 0.162 e. The summed E-state index contributed by atoms with van der Waals surface area (Å²) < 4.78 is 24.3. The van der Waals surface area contributed by atoms with E-state index in [1.165, 1.54) is 19.1 Å². The first-order valence-corrected chi connectivity index (χ1v) is 6.85. The quantitative estimate of drug-likeness (QED) is 0.799. The fourth-order valence-electron chi connectivity index (χ4n) is 1.82. The van der Waals surface area contributed by atoms with Gasteiger partial charge in [0.2, 0.25) is 0 Å². The third kappa shape index (κ3) is 4.56. The molecule has 0 amide bonds. The highest BCUT2D eigenvalue weighted by atomic mass is 19.1. The maximum absolute atomic E-state index is 13.6. The number of Topliss-reactive ketones (excluding diaryl/α,β-unsaturated/α-hetero) is 1. The predicted octanol–water partition coefficient (Wildman–Crippen LogP) is 2.85. The van der Waals surface area contributed by atoms with Crippen LogP contribution >= 0.6 is 0 Å². The number of para-hydroxylation sites is 1. The summed E-state index contributed by atoms with van der Waals surface area (Å²) in [5.74, 6) is -0.0833. The molecule has 22 heavy (non-hydrogen) atoms. The fraction of sp³-hybridized carbons (Fsp3) is 0.235. The molecule has 5 heteroatoms. The molecule has 4 nitrogen and oxygen atoms in total. The van der Waals surface area contributed by atoms with Crippen LogP contribution in [0.3, 0.4) is 0 Å². The second-order valence-corrected chi connectivity index (χ2v) is 4.79. The lowest BCUT2D eigenvalue weighted by molar-refractivity contribution is 0.0625. The molecule has 0 bridgehead atoms. The van der Waals surface area contributed by atoms with E-state index >= 15 is 0 Å². The number of hydrogen-bond donors (Lipinski definition) is 1. The Hall–Kier alpha value is -2.40. The van der Waals surface area contributed by atoms with Crippen molar-refractivity contribution in [3.8, 4) is 11.5 Å². The highest BCUT2D eigenvalue weighted by Gasteiger charge is 2.10. The van der Waals surface area contributed by atoms with Crippen LogP contribution in [-0.2, 0) is 0 Å². The van der Waals surface area contributed by atoms with Crippen molar-refractivity contribution in [2.45, 2.75) is 13.0 Å². The molecule has 0 aliphatic carbocycles. The van der Waals surface area contributed by atoms with Crippen LogP contribution in [0.15, 0.2) is 48.5 Å². The zero-order valence-electron chi connectivity index (χ0n) is 12.2. The molecular formula is C17H17FO4. The Morgan fingerprint density at radius 1 is 1.09 bits per heavy atom. The van der Waals surface area contributed by atoms with Gasteiger partial charge in [0.15, 0.2) is 5.78 Å². The summed E-state index contributed by atoms with van der Waals surface area (Å²) in [4.78, 5) is 11.1. The number of ether oxygens (including phenoxy) is 2. The standard InChI is InChI=1S/C17H17FO4/c1-12(19)16-8-7-15(9-17(16)18)22-11-13(20)10-21-14-5-3-2-4-6-14/h2-9,13,20H,10-11H2,1H3. The van der Waals surface area contributed by atoms with Crippen molar-refractivity contribution in [1.29, 1.82) is 0 Å². The van der Waals surface area contributed by atoms with Gasteiger partial charge in [0.25, 0.3) is 0 Å². The molecule has 0 fully saturated rings. The molecular weight excluding hydrogens is 287 g/mol. The van der Waals surface area contributed by atoms with Gasteiger partial charge in [0.1, 0.15) is 36.6 Å². The first kappa shape index (κ1) is 16.0. The maximum atomic E-state index is 13.6. The van der Waals surface area contributed by atoms with Gasteiger partial charge in [-0.05, 0) is 31.2 Å². The Morgan fingerprint density at radius 2 is 1.73 bits per heavy atom. The molecule has 0 aromatic heterocycles. The number of aliphatic hydroxyl groups is 1. The molecule has 0 spiro atoms. The minimum atomic E-state index is -0.851. The third-order valence-electron chi connectivity index (χ3n) is 2.95. The van der Waals surface area contributed by atoms with Crippen LogP contribution in [-0.4, -0.2) is 30.2 Å². The number of aliphatic hydroxyl groups excluding tert-OH is 1. The molecule has 0 radical (unpaired) electrons. The molecule has 0 aliphatic rings. The molecule has 2 rings (SSSR count). The lowest BCUT2D eigenvalue weighted by Crippen LogP contribution is -2.25. The van der Waals surface area contributed by atoms with Gasteiger partial charge in [0.05, 0.1) is 5.56 Å². The number of carbonyl (C=O) groups is 1. The molecule has 2 aromatic carbocycles. The van der Waals surface area contributed by atoms with Crippen molar-refractivity contribution >= 4 is 5.78 Å². The van der Waals surface area contributed by atoms with Crippen LogP contribution in [0.4, 0.5) is 4.39 Å². The van der Waals surface area contributed by atoms with Crippen LogP contribution < -0.4 is 9.47 Å². The monoisotopic (exact) mass is 304 g/mol. The molecule has 0 saturated heterocycles. The largest absolute Gasteiger partial charge is 0.491 e. The van der Waals surface area contributed by atoms with Crippen molar-refractivity contribution in [1.82, 2.24) is 0 Å². The van der Waals surface area contributed by atoms with Crippen molar-refractivity contribution < 1.29 is 23.8 Å². The molecule has 116 valence electrons. The number of ketones is 1. The fourth-order valence-corrected chi connectivity index (χ4v) is 1.82. The lowest BCUT2D eigenvalue weighted by atomic mass is 10.1. The zero-order chi connectivity index (χ0) is 15.9. The topological polar surface area (TPSA) is 55.8 Å². The Labute approximate surface area is 128 Å². The van der Waals surface area contributed by atoms with E-state index in [9.17, 15) is 14.3 Å². The Balaban J connectivity index is 1.82. The number of carbonyl (C=O) groups excluding carboxylic acids is 1. The van der Waals surface area contributed by atoms with Gasteiger partial charge in [-0.1, -0.05) is 18.2 Å². The third-order valence-corrected chi connectivity index (χ3v) is 2.95. The zero-order valence-corrected chi connectivity index (χ0v) is 12.2. The van der Waals surface area contributed by atoms with Gasteiger partial charge in [-0.15, -0.1) is 0 Å². The first-order chi connectivity index (χ1) is 10.6. The van der Waals surface area contributed by atoms with Gasteiger partial charge in [-0.2, -0.15) is 0 Å². The van der Waals surface area contributed by atoms with Gasteiger partial charge >= 0.3 is 0 Å². The van der Waals surface area contributed by atoms with E-state index in [-0.39, 0.29) is 30.3 Å². The Morgan fingerprint density at radius 3 is 2.32 bits per heavy atom. The summed E-state index contributed by atoms with van der Waals surface area (Å²) >= 11 is 0. The molecule has 1 atom stereocenters. The molecule has 0 heterocycles. The highest BCUT2D eigenvalue weighted by Crippen LogP contribution is 2.17. The Bertz CT molecular complexity index is 628. The second-order valence-electron chi connectivity index (χ2n) is 4.79. The number of benzene rings is 2. The van der Waals surface area contributed by atoms with Crippen LogP contribution in [0.2, 0.25) is 0 Å². The molecule has 0 saturated carbocycles. The second kappa shape index (κ2) is 7.56. The molecule has 0 aliphatic heterocycles. The summed E-state index contributed by atoms with van der Waals surface area (Å²) in [6.07, 6.45) is -0.851. The number of halogens is 1. The minimum absolute atomic E-state index is 0.0142. The lowest BCUT2D eigenvalue weighted by Gasteiger charge is -2.14. The van der Waals surface area contributed by atoms with Crippen molar-refractivity contribution in [2.75, 3.05) is 13.2 Å². The van der Waals surface area contributed by atoms with Gasteiger partial charge in [-0.3, -0.25) is 4.79 Å².